The van der Waals surface area contributed by atoms with E-state index in [9.17, 15) is 9.59 Å². The van der Waals surface area contributed by atoms with E-state index in [0.29, 0.717) is 22.9 Å². The standard InChI is InChI=1S/C12H8N2O5.C8H10N2O/c15-12(16)8-4-13-5-14-11(8)19-7-1-2-9-10(3-7)18-6-17-9;9-7-3-1-6(2-4-7)5-8(10)11/h1-5H,6H2,(H,15,16);1-4H,5,9H2,(H2,10,11). The summed E-state index contributed by atoms with van der Waals surface area (Å²) in [5.41, 5.74) is 11.9. The van der Waals surface area contributed by atoms with Gasteiger partial charge in [0.2, 0.25) is 18.6 Å². The monoisotopic (exact) mass is 410 g/mol. The number of nitrogens with zero attached hydrogens (tertiary/aromatic N) is 2. The molecule has 0 radical (unpaired) electrons. The van der Waals surface area contributed by atoms with Crippen molar-refractivity contribution in [2.24, 2.45) is 5.73 Å². The summed E-state index contributed by atoms with van der Waals surface area (Å²) in [5.74, 6) is 0.0647. The van der Waals surface area contributed by atoms with Gasteiger partial charge in [-0.2, -0.15) is 0 Å². The maximum atomic E-state index is 11.0. The van der Waals surface area contributed by atoms with Crippen LogP contribution in [0, 0.1) is 0 Å². The lowest BCUT2D eigenvalue weighted by atomic mass is 10.1. The number of aromatic carboxylic acids is 1. The number of fused-ring (bicyclic) bond motifs is 1. The highest BCUT2D eigenvalue weighted by molar-refractivity contribution is 5.89. The number of aromatic nitrogens is 2. The molecule has 0 fully saturated rings. The Labute approximate surface area is 171 Å². The summed E-state index contributed by atoms with van der Waals surface area (Å²) in [4.78, 5) is 28.9. The molecule has 0 saturated heterocycles. The van der Waals surface area contributed by atoms with Gasteiger partial charge in [-0.15, -0.1) is 0 Å². The fourth-order valence-corrected chi connectivity index (χ4v) is 2.44. The summed E-state index contributed by atoms with van der Waals surface area (Å²) in [7, 11) is 0. The molecule has 0 spiro atoms. The van der Waals surface area contributed by atoms with Crippen LogP contribution in [0.3, 0.4) is 0 Å². The molecule has 1 aromatic heterocycles. The zero-order valence-corrected chi connectivity index (χ0v) is 15.6. The van der Waals surface area contributed by atoms with Crippen molar-refractivity contribution >= 4 is 17.6 Å². The number of carbonyl (C=O) groups excluding carboxylic acids is 1. The fraction of sp³-hybridized carbons (Fsp3) is 0.100. The summed E-state index contributed by atoms with van der Waals surface area (Å²) in [6, 6.07) is 12.0. The second-order valence-corrected chi connectivity index (χ2v) is 6.05. The van der Waals surface area contributed by atoms with Crippen LogP contribution in [-0.4, -0.2) is 33.7 Å². The number of hydrogen-bond donors (Lipinski definition) is 3. The number of hydrogen-bond acceptors (Lipinski definition) is 8. The predicted octanol–water partition coefficient (Wildman–Crippen LogP) is 1.99. The number of carboxylic acids is 1. The predicted molar refractivity (Wildman–Crippen MR) is 105 cm³/mol. The van der Waals surface area contributed by atoms with Gasteiger partial charge in [0, 0.05) is 18.0 Å². The molecule has 0 saturated carbocycles. The Morgan fingerprint density at radius 2 is 1.83 bits per heavy atom. The average Bonchev–Trinajstić information content (AvgIpc) is 3.18. The Morgan fingerprint density at radius 1 is 1.10 bits per heavy atom. The summed E-state index contributed by atoms with van der Waals surface area (Å²) in [6.45, 7) is 0.159. The molecule has 1 aliphatic rings. The number of benzene rings is 2. The van der Waals surface area contributed by atoms with E-state index in [4.69, 9.17) is 30.8 Å². The Bertz CT molecular complexity index is 1060. The molecule has 5 N–H and O–H groups in total. The third-order valence-corrected chi connectivity index (χ3v) is 3.82. The molecule has 0 aliphatic carbocycles. The molecule has 2 heterocycles. The van der Waals surface area contributed by atoms with Gasteiger partial charge in [-0.05, 0) is 29.8 Å². The molecule has 10 heteroatoms. The van der Waals surface area contributed by atoms with Crippen molar-refractivity contribution in [1.82, 2.24) is 9.97 Å². The molecule has 10 nitrogen and oxygen atoms in total. The van der Waals surface area contributed by atoms with Gasteiger partial charge < -0.3 is 30.8 Å². The molecule has 1 amide bonds. The maximum Gasteiger partial charge on any atom is 0.342 e. The Hall–Kier alpha value is -4.34. The number of primary amides is 1. The molecule has 3 aromatic rings. The van der Waals surface area contributed by atoms with Gasteiger partial charge in [0.1, 0.15) is 17.6 Å². The van der Waals surface area contributed by atoms with Crippen LogP contribution in [0.2, 0.25) is 0 Å². The second kappa shape index (κ2) is 9.24. The van der Waals surface area contributed by atoms with E-state index in [1.807, 2.05) is 0 Å². The molecule has 0 atom stereocenters. The number of nitrogen functional groups attached to an aromatic ring is 1. The van der Waals surface area contributed by atoms with Gasteiger partial charge in [-0.3, -0.25) is 4.79 Å². The number of rotatable bonds is 5. The largest absolute Gasteiger partial charge is 0.477 e. The first kappa shape index (κ1) is 20.4. The lowest BCUT2D eigenvalue weighted by Gasteiger charge is -2.07. The van der Waals surface area contributed by atoms with Crippen LogP contribution in [0.25, 0.3) is 0 Å². The molecular weight excluding hydrogens is 392 g/mol. The van der Waals surface area contributed by atoms with Crippen molar-refractivity contribution in [3.05, 3.63) is 66.1 Å². The summed E-state index contributed by atoms with van der Waals surface area (Å²) >= 11 is 0. The van der Waals surface area contributed by atoms with E-state index >= 15 is 0 Å². The van der Waals surface area contributed by atoms with Crippen molar-refractivity contribution in [2.45, 2.75) is 6.42 Å². The van der Waals surface area contributed by atoms with Crippen molar-refractivity contribution in [2.75, 3.05) is 12.5 Å². The average molecular weight is 410 g/mol. The first-order chi connectivity index (χ1) is 14.4. The minimum absolute atomic E-state index is 0.0265. The third-order valence-electron chi connectivity index (χ3n) is 3.82. The Kier molecular flexibility index (Phi) is 6.28. The number of anilines is 1. The van der Waals surface area contributed by atoms with Crippen molar-refractivity contribution < 1.29 is 28.9 Å². The van der Waals surface area contributed by atoms with Crippen LogP contribution in [0.4, 0.5) is 5.69 Å². The van der Waals surface area contributed by atoms with E-state index in [1.165, 1.54) is 12.5 Å². The van der Waals surface area contributed by atoms with Crippen molar-refractivity contribution in [3.8, 4) is 23.1 Å². The highest BCUT2D eigenvalue weighted by Crippen LogP contribution is 2.36. The van der Waals surface area contributed by atoms with Gasteiger partial charge in [-0.1, -0.05) is 12.1 Å². The van der Waals surface area contributed by atoms with Crippen molar-refractivity contribution in [1.29, 1.82) is 0 Å². The molecule has 4 rings (SSSR count). The van der Waals surface area contributed by atoms with Crippen LogP contribution in [0.1, 0.15) is 15.9 Å². The summed E-state index contributed by atoms with van der Waals surface area (Å²) in [6.07, 6.45) is 2.67. The summed E-state index contributed by atoms with van der Waals surface area (Å²) < 4.78 is 15.8. The van der Waals surface area contributed by atoms with E-state index < -0.39 is 5.97 Å². The lowest BCUT2D eigenvalue weighted by Crippen LogP contribution is -2.13. The van der Waals surface area contributed by atoms with Crippen molar-refractivity contribution in [3.63, 3.8) is 0 Å². The summed E-state index contributed by atoms with van der Waals surface area (Å²) in [5, 5.41) is 8.99. The van der Waals surface area contributed by atoms with E-state index in [1.54, 1.807) is 42.5 Å². The number of nitrogens with two attached hydrogens (primary N) is 2. The number of ether oxygens (including phenoxy) is 3. The minimum atomic E-state index is -1.16. The fourth-order valence-electron chi connectivity index (χ4n) is 2.44. The van der Waals surface area contributed by atoms with Gasteiger partial charge in [-0.25, -0.2) is 14.8 Å². The highest BCUT2D eigenvalue weighted by atomic mass is 16.7. The molecule has 154 valence electrons. The topological polar surface area (TPSA) is 160 Å². The number of amides is 1. The van der Waals surface area contributed by atoms with Gasteiger partial charge in [0.05, 0.1) is 6.42 Å². The smallest absolute Gasteiger partial charge is 0.342 e. The van der Waals surface area contributed by atoms with Crippen LogP contribution < -0.4 is 25.7 Å². The van der Waals surface area contributed by atoms with Crippen LogP contribution in [0.15, 0.2) is 55.0 Å². The normalized spacial score (nSPS) is 11.2. The Balaban J connectivity index is 0.000000199. The second-order valence-electron chi connectivity index (χ2n) is 6.05. The number of carbonyl (C=O) groups is 2. The molecule has 0 bridgehead atoms. The minimum Gasteiger partial charge on any atom is -0.477 e. The number of carboxylic acid groups (broad SMARTS) is 1. The highest BCUT2D eigenvalue weighted by Gasteiger charge is 2.17. The van der Waals surface area contributed by atoms with Gasteiger partial charge in [0.25, 0.3) is 0 Å². The zero-order chi connectivity index (χ0) is 21.5. The Morgan fingerprint density at radius 3 is 2.53 bits per heavy atom. The van der Waals surface area contributed by atoms with E-state index in [-0.39, 0.29) is 30.6 Å². The van der Waals surface area contributed by atoms with E-state index in [0.717, 1.165) is 5.56 Å². The molecule has 2 aromatic carbocycles. The first-order valence-electron chi connectivity index (χ1n) is 8.66. The van der Waals surface area contributed by atoms with Gasteiger partial charge in [0.15, 0.2) is 11.5 Å². The molecule has 1 aliphatic heterocycles. The first-order valence-corrected chi connectivity index (χ1v) is 8.66. The SMILES string of the molecule is NC(=O)Cc1ccc(N)cc1.O=C(O)c1cncnc1Oc1ccc2c(c1)OCO2. The third kappa shape index (κ3) is 5.35. The lowest BCUT2D eigenvalue weighted by molar-refractivity contribution is -0.117. The zero-order valence-electron chi connectivity index (χ0n) is 15.6. The van der Waals surface area contributed by atoms with Gasteiger partial charge >= 0.3 is 5.97 Å². The van der Waals surface area contributed by atoms with E-state index in [2.05, 4.69) is 9.97 Å². The van der Waals surface area contributed by atoms with Crippen LogP contribution >= 0.6 is 0 Å². The molecular formula is C20H18N4O6. The van der Waals surface area contributed by atoms with Crippen LogP contribution in [0.5, 0.6) is 23.1 Å². The maximum absolute atomic E-state index is 11.0. The quantitative estimate of drug-likeness (QED) is 0.534. The molecule has 0 unspecified atom stereocenters. The molecule has 30 heavy (non-hydrogen) atoms. The van der Waals surface area contributed by atoms with Crippen LogP contribution in [-0.2, 0) is 11.2 Å².